The summed E-state index contributed by atoms with van der Waals surface area (Å²) in [5.74, 6) is 2.24. The third kappa shape index (κ3) is 3.12. The van der Waals surface area contributed by atoms with Crippen molar-refractivity contribution in [2.45, 2.75) is 6.61 Å². The van der Waals surface area contributed by atoms with Crippen molar-refractivity contribution < 1.29 is 14.2 Å². The molecule has 0 aliphatic carbocycles. The fraction of sp³-hybridized carbons (Fsp3) is 0.176. The van der Waals surface area contributed by atoms with Gasteiger partial charge in [-0.3, -0.25) is 0 Å². The highest BCUT2D eigenvalue weighted by Gasteiger charge is 2.08. The predicted octanol–water partition coefficient (Wildman–Crippen LogP) is 3.93. The van der Waals surface area contributed by atoms with E-state index in [0.29, 0.717) is 18.1 Å². The molecule has 2 aromatic carbocycles. The second-order valence-corrected chi connectivity index (χ2v) is 4.22. The van der Waals surface area contributed by atoms with E-state index in [4.69, 9.17) is 14.2 Å². The molecule has 0 saturated carbocycles. The van der Waals surface area contributed by atoms with Crippen molar-refractivity contribution in [3.8, 4) is 17.2 Å². The van der Waals surface area contributed by atoms with Gasteiger partial charge in [0.25, 0.3) is 0 Å². The van der Waals surface area contributed by atoms with E-state index >= 15 is 0 Å². The van der Waals surface area contributed by atoms with Crippen LogP contribution in [0.2, 0.25) is 0 Å². The topological polar surface area (TPSA) is 27.7 Å². The summed E-state index contributed by atoms with van der Waals surface area (Å²) in [5, 5.41) is 0. The Kier molecular flexibility index (Phi) is 4.66. The van der Waals surface area contributed by atoms with Crippen LogP contribution < -0.4 is 14.2 Å². The van der Waals surface area contributed by atoms with Crippen molar-refractivity contribution in [3.63, 3.8) is 0 Å². The van der Waals surface area contributed by atoms with Crippen LogP contribution in [0.3, 0.4) is 0 Å². The Labute approximate surface area is 119 Å². The number of ether oxygens (including phenoxy) is 3. The summed E-state index contributed by atoms with van der Waals surface area (Å²) in [4.78, 5) is 0. The highest BCUT2D eigenvalue weighted by atomic mass is 16.5. The van der Waals surface area contributed by atoms with E-state index in [2.05, 4.69) is 6.58 Å². The third-order valence-electron chi connectivity index (χ3n) is 2.99. The maximum Gasteiger partial charge on any atom is 0.168 e. The molecular formula is C17H18O3. The van der Waals surface area contributed by atoms with Gasteiger partial charge in [0, 0.05) is 5.56 Å². The van der Waals surface area contributed by atoms with Crippen LogP contribution in [0, 0.1) is 0 Å². The van der Waals surface area contributed by atoms with Crippen LogP contribution in [0.5, 0.6) is 17.2 Å². The lowest BCUT2D eigenvalue weighted by molar-refractivity contribution is 0.283. The summed E-state index contributed by atoms with van der Waals surface area (Å²) in [7, 11) is 3.28. The van der Waals surface area contributed by atoms with Gasteiger partial charge in [0.05, 0.1) is 14.2 Å². The van der Waals surface area contributed by atoms with Gasteiger partial charge in [-0.25, -0.2) is 0 Å². The number of rotatable bonds is 6. The van der Waals surface area contributed by atoms with Crippen molar-refractivity contribution in [3.05, 3.63) is 60.2 Å². The van der Waals surface area contributed by atoms with Crippen LogP contribution in [0.25, 0.3) is 6.08 Å². The van der Waals surface area contributed by atoms with Crippen LogP contribution in [0.4, 0.5) is 0 Å². The second-order valence-electron chi connectivity index (χ2n) is 4.22. The summed E-state index contributed by atoms with van der Waals surface area (Å²) in [6.07, 6.45) is 1.76. The zero-order valence-corrected chi connectivity index (χ0v) is 11.8. The van der Waals surface area contributed by atoms with Crippen molar-refractivity contribution >= 4 is 6.08 Å². The third-order valence-corrected chi connectivity index (χ3v) is 2.99. The first kappa shape index (κ1) is 14.0. The van der Waals surface area contributed by atoms with Crippen LogP contribution in [0.15, 0.2) is 49.0 Å². The standard InChI is InChI=1S/C17H18O3/c1-4-14-6-5-7-16(19-3)17(14)20-12-13-8-10-15(18-2)11-9-13/h4-11H,1,12H2,2-3H3. The van der Waals surface area contributed by atoms with Gasteiger partial charge >= 0.3 is 0 Å². The molecule has 0 aliphatic heterocycles. The molecule has 3 nitrogen and oxygen atoms in total. The number of para-hydroxylation sites is 1. The molecule has 2 rings (SSSR count). The van der Waals surface area contributed by atoms with Gasteiger partial charge in [-0.05, 0) is 23.8 Å². The van der Waals surface area contributed by atoms with Crippen molar-refractivity contribution in [2.24, 2.45) is 0 Å². The molecule has 20 heavy (non-hydrogen) atoms. The van der Waals surface area contributed by atoms with Crippen LogP contribution in [0.1, 0.15) is 11.1 Å². The van der Waals surface area contributed by atoms with E-state index in [1.165, 1.54) is 0 Å². The van der Waals surface area contributed by atoms with E-state index in [1.54, 1.807) is 20.3 Å². The largest absolute Gasteiger partial charge is 0.497 e. The smallest absolute Gasteiger partial charge is 0.168 e. The molecule has 0 heterocycles. The highest BCUT2D eigenvalue weighted by Crippen LogP contribution is 2.32. The summed E-state index contributed by atoms with van der Waals surface area (Å²) < 4.78 is 16.3. The van der Waals surface area contributed by atoms with Gasteiger partial charge in [-0.15, -0.1) is 0 Å². The average Bonchev–Trinajstić information content (AvgIpc) is 2.52. The lowest BCUT2D eigenvalue weighted by atomic mass is 10.2. The van der Waals surface area contributed by atoms with Gasteiger partial charge < -0.3 is 14.2 Å². The summed E-state index contributed by atoms with van der Waals surface area (Å²) in [5.41, 5.74) is 1.98. The molecule has 0 radical (unpaired) electrons. The SMILES string of the molecule is C=Cc1cccc(OC)c1OCc1ccc(OC)cc1. The Hall–Kier alpha value is -2.42. The average molecular weight is 270 g/mol. The Morgan fingerprint density at radius 3 is 2.35 bits per heavy atom. The van der Waals surface area contributed by atoms with Gasteiger partial charge in [0.15, 0.2) is 11.5 Å². The summed E-state index contributed by atoms with van der Waals surface area (Å²) >= 11 is 0. The van der Waals surface area contributed by atoms with Crippen LogP contribution in [-0.2, 0) is 6.61 Å². The molecule has 0 aliphatic rings. The minimum atomic E-state index is 0.463. The first-order valence-electron chi connectivity index (χ1n) is 6.33. The minimum absolute atomic E-state index is 0.463. The van der Waals surface area contributed by atoms with Crippen molar-refractivity contribution in [1.29, 1.82) is 0 Å². The zero-order valence-electron chi connectivity index (χ0n) is 11.8. The minimum Gasteiger partial charge on any atom is -0.497 e. The normalized spacial score (nSPS) is 9.90. The fourth-order valence-corrected chi connectivity index (χ4v) is 1.89. The first-order chi connectivity index (χ1) is 9.78. The van der Waals surface area contributed by atoms with E-state index in [9.17, 15) is 0 Å². The van der Waals surface area contributed by atoms with Gasteiger partial charge in [0.2, 0.25) is 0 Å². The summed E-state index contributed by atoms with van der Waals surface area (Å²) in [6, 6.07) is 13.5. The Balaban J connectivity index is 2.15. The molecule has 0 amide bonds. The molecule has 0 spiro atoms. The van der Waals surface area contributed by atoms with E-state index in [0.717, 1.165) is 16.9 Å². The number of benzene rings is 2. The quantitative estimate of drug-likeness (QED) is 0.796. The Bertz CT molecular complexity index is 573. The molecule has 2 aromatic rings. The van der Waals surface area contributed by atoms with E-state index < -0.39 is 0 Å². The van der Waals surface area contributed by atoms with Crippen molar-refractivity contribution in [2.75, 3.05) is 14.2 Å². The lowest BCUT2D eigenvalue weighted by Gasteiger charge is -2.13. The van der Waals surface area contributed by atoms with E-state index in [-0.39, 0.29) is 0 Å². The van der Waals surface area contributed by atoms with Crippen LogP contribution >= 0.6 is 0 Å². The highest BCUT2D eigenvalue weighted by molar-refractivity contribution is 5.61. The summed E-state index contributed by atoms with van der Waals surface area (Å²) in [6.45, 7) is 4.26. The molecule has 0 bridgehead atoms. The molecule has 0 atom stereocenters. The molecule has 0 unspecified atom stereocenters. The molecule has 104 valence electrons. The first-order valence-corrected chi connectivity index (χ1v) is 6.33. The maximum absolute atomic E-state index is 5.87. The monoisotopic (exact) mass is 270 g/mol. The van der Waals surface area contributed by atoms with Gasteiger partial charge in [-0.2, -0.15) is 0 Å². The van der Waals surface area contributed by atoms with Crippen molar-refractivity contribution in [1.82, 2.24) is 0 Å². The van der Waals surface area contributed by atoms with E-state index in [1.807, 2.05) is 42.5 Å². The predicted molar refractivity (Wildman–Crippen MR) is 80.4 cm³/mol. The van der Waals surface area contributed by atoms with Crippen LogP contribution in [-0.4, -0.2) is 14.2 Å². The molecule has 0 saturated heterocycles. The molecule has 0 aromatic heterocycles. The van der Waals surface area contributed by atoms with Gasteiger partial charge in [0.1, 0.15) is 12.4 Å². The fourth-order valence-electron chi connectivity index (χ4n) is 1.89. The Morgan fingerprint density at radius 2 is 1.75 bits per heavy atom. The molecular weight excluding hydrogens is 252 g/mol. The molecule has 0 N–H and O–H groups in total. The lowest BCUT2D eigenvalue weighted by Crippen LogP contribution is -1.99. The van der Waals surface area contributed by atoms with Gasteiger partial charge in [-0.1, -0.05) is 36.9 Å². The Morgan fingerprint density at radius 1 is 1.00 bits per heavy atom. The number of hydrogen-bond acceptors (Lipinski definition) is 3. The number of hydrogen-bond donors (Lipinski definition) is 0. The molecule has 0 fully saturated rings. The number of methoxy groups -OCH3 is 2. The maximum atomic E-state index is 5.87. The second kappa shape index (κ2) is 6.66. The molecule has 3 heteroatoms. The zero-order chi connectivity index (χ0) is 14.4.